The van der Waals surface area contributed by atoms with Crippen molar-refractivity contribution in [3.63, 3.8) is 0 Å². The molecule has 1 saturated heterocycles. The Balaban J connectivity index is 1.34. The number of ketones is 1. The number of nitrogens with zero attached hydrogens (tertiary/aromatic N) is 2. The first-order chi connectivity index (χ1) is 22.1. The third-order valence-corrected chi connectivity index (χ3v) is 13.0. The van der Waals surface area contributed by atoms with Gasteiger partial charge in [0.15, 0.2) is 10.1 Å². The minimum absolute atomic E-state index is 0.0415. The highest BCUT2D eigenvalue weighted by Gasteiger charge is 2.88. The fraction of sp³-hybridized carbons (Fsp3) is 0.194. The molecule has 242 valence electrons. The molecule has 0 N–H and O–H groups in total. The van der Waals surface area contributed by atoms with E-state index in [0.717, 1.165) is 0 Å². The number of carbonyl (C=O) groups excluding carboxylic acids is 5. The van der Waals surface area contributed by atoms with E-state index in [2.05, 4.69) is 0 Å². The molecular formula is C31H16Cl8N2O6. The van der Waals surface area contributed by atoms with Crippen LogP contribution in [0.2, 0.25) is 10.0 Å². The molecule has 0 spiro atoms. The van der Waals surface area contributed by atoms with Crippen molar-refractivity contribution < 1.29 is 28.7 Å². The molecule has 2 bridgehead atoms. The van der Waals surface area contributed by atoms with Gasteiger partial charge in [-0.3, -0.25) is 19.2 Å². The van der Waals surface area contributed by atoms with Gasteiger partial charge in [0.25, 0.3) is 17.7 Å². The highest BCUT2D eigenvalue weighted by atomic mass is 35.5. The Morgan fingerprint density at radius 3 is 1.83 bits per heavy atom. The standard InChI is InChI=1S/C31H16Cl8N2O6/c32-16-8-11-18(19(33)12-16)25(43)40(13-20(42)14-6-9-17(10-7-14)47-28(46)15-4-2-1-3-5-15)41-26(44)21-22(27(41)45)30(37)24(35)23(34)29(21,36)31(30,38)39/h1-12,21-22H,13H2/t21-,22-,29+,30+/m0/s1. The summed E-state index contributed by atoms with van der Waals surface area (Å²) in [7, 11) is 0. The average Bonchev–Trinajstić information content (AvgIpc) is 3.42. The van der Waals surface area contributed by atoms with Crippen molar-refractivity contribution in [1.82, 2.24) is 10.0 Å². The molecule has 47 heavy (non-hydrogen) atoms. The first kappa shape index (κ1) is 34.3. The van der Waals surface area contributed by atoms with E-state index in [1.165, 1.54) is 42.5 Å². The zero-order valence-corrected chi connectivity index (χ0v) is 29.2. The van der Waals surface area contributed by atoms with Crippen molar-refractivity contribution in [3.8, 4) is 5.75 Å². The number of imide groups is 1. The zero-order valence-electron chi connectivity index (χ0n) is 23.2. The smallest absolute Gasteiger partial charge is 0.343 e. The molecule has 1 aliphatic heterocycles. The summed E-state index contributed by atoms with van der Waals surface area (Å²) in [5, 5.41) is 0.509. The molecule has 3 aromatic rings. The van der Waals surface area contributed by atoms with Gasteiger partial charge in [-0.05, 0) is 54.6 Å². The highest BCUT2D eigenvalue weighted by molar-refractivity contribution is 6.66. The molecule has 0 radical (unpaired) electrons. The largest absolute Gasteiger partial charge is 0.423 e. The quantitative estimate of drug-likeness (QED) is 0.0793. The molecule has 6 rings (SSSR count). The number of carbonyl (C=O) groups is 5. The number of hydrogen-bond donors (Lipinski definition) is 0. The van der Waals surface area contributed by atoms with Crippen molar-refractivity contribution in [2.75, 3.05) is 6.54 Å². The number of halogens is 8. The van der Waals surface area contributed by atoms with E-state index in [4.69, 9.17) is 97.5 Å². The van der Waals surface area contributed by atoms with E-state index in [1.54, 1.807) is 30.3 Å². The molecule has 2 fully saturated rings. The Hall–Kier alpha value is -2.53. The molecule has 16 heteroatoms. The lowest BCUT2D eigenvalue weighted by molar-refractivity contribution is -0.154. The Kier molecular flexibility index (Phi) is 8.85. The Morgan fingerprint density at radius 1 is 0.745 bits per heavy atom. The van der Waals surface area contributed by atoms with E-state index in [0.29, 0.717) is 15.6 Å². The molecule has 4 atom stereocenters. The number of hydrazine groups is 1. The van der Waals surface area contributed by atoms with Crippen LogP contribution in [0.1, 0.15) is 31.1 Å². The molecule has 1 heterocycles. The Labute approximate surface area is 306 Å². The third kappa shape index (κ3) is 4.98. The fourth-order valence-corrected chi connectivity index (χ4v) is 9.35. The maximum atomic E-state index is 14.1. The Morgan fingerprint density at radius 2 is 1.30 bits per heavy atom. The number of hydrogen-bond acceptors (Lipinski definition) is 6. The van der Waals surface area contributed by atoms with Gasteiger partial charge in [-0.25, -0.2) is 9.80 Å². The zero-order chi connectivity index (χ0) is 34.2. The molecule has 3 aliphatic rings. The van der Waals surface area contributed by atoms with E-state index in [1.807, 2.05) is 0 Å². The summed E-state index contributed by atoms with van der Waals surface area (Å²) < 4.78 is 3.15. The molecule has 8 nitrogen and oxygen atoms in total. The van der Waals surface area contributed by atoms with E-state index in [9.17, 15) is 24.0 Å². The van der Waals surface area contributed by atoms with Crippen LogP contribution in [-0.4, -0.2) is 60.1 Å². The first-order valence-corrected chi connectivity index (χ1v) is 16.5. The van der Waals surface area contributed by atoms with Crippen LogP contribution in [0.25, 0.3) is 0 Å². The number of benzene rings is 3. The summed E-state index contributed by atoms with van der Waals surface area (Å²) in [5.41, 5.74) is 0.170. The van der Waals surface area contributed by atoms with Crippen molar-refractivity contribution in [1.29, 1.82) is 0 Å². The highest BCUT2D eigenvalue weighted by Crippen LogP contribution is 2.77. The van der Waals surface area contributed by atoms with Gasteiger partial charge in [0.2, 0.25) is 0 Å². The van der Waals surface area contributed by atoms with Gasteiger partial charge in [-0.2, -0.15) is 5.01 Å². The van der Waals surface area contributed by atoms with Gasteiger partial charge in [-0.1, -0.05) is 87.8 Å². The Bertz CT molecular complexity index is 1870. The number of allylic oxidation sites excluding steroid dienone is 2. The second-order valence-electron chi connectivity index (χ2n) is 10.8. The van der Waals surface area contributed by atoms with E-state index < -0.39 is 61.9 Å². The molecular weight excluding hydrogens is 780 g/mol. The van der Waals surface area contributed by atoms with Gasteiger partial charge >= 0.3 is 5.97 Å². The number of alkyl halides is 4. The summed E-state index contributed by atoms with van der Waals surface area (Å²) in [4.78, 5) is 63.9. The second-order valence-corrected chi connectivity index (χ2v) is 14.9. The van der Waals surface area contributed by atoms with E-state index >= 15 is 0 Å². The predicted octanol–water partition coefficient (Wildman–Crippen LogP) is 7.90. The van der Waals surface area contributed by atoms with Crippen LogP contribution in [0.15, 0.2) is 82.9 Å². The molecule has 3 amide bonds. The summed E-state index contributed by atoms with van der Waals surface area (Å²) in [6, 6.07) is 17.6. The number of fused-ring (bicyclic) bond motifs is 5. The minimum Gasteiger partial charge on any atom is -0.423 e. The van der Waals surface area contributed by atoms with Crippen LogP contribution in [0, 0.1) is 11.8 Å². The van der Waals surface area contributed by atoms with Crippen LogP contribution in [0.3, 0.4) is 0 Å². The van der Waals surface area contributed by atoms with Crippen molar-refractivity contribution in [3.05, 3.63) is 110 Å². The van der Waals surface area contributed by atoms with Crippen LogP contribution in [0.5, 0.6) is 5.75 Å². The number of ether oxygens (including phenoxy) is 1. The summed E-state index contributed by atoms with van der Waals surface area (Å²) in [6.45, 7) is -0.843. The first-order valence-electron chi connectivity index (χ1n) is 13.4. The van der Waals surface area contributed by atoms with Crippen molar-refractivity contribution in [2.24, 2.45) is 11.8 Å². The third-order valence-electron chi connectivity index (χ3n) is 8.21. The molecule has 0 aromatic heterocycles. The van der Waals surface area contributed by atoms with Crippen molar-refractivity contribution >= 4 is 122 Å². The lowest BCUT2D eigenvalue weighted by Crippen LogP contribution is -2.56. The number of amides is 3. The SMILES string of the molecule is O=C(CN(C(=O)c1ccc(Cl)cc1Cl)N1C(=O)[C@@H]2[C@@H](C1=O)[C@@]1(Cl)C(Cl)=C(Cl)[C@@]2(Cl)C1(Cl)Cl)c1ccc(OC(=O)c2ccccc2)cc1. The average molecular weight is 796 g/mol. The normalized spacial score (nSPS) is 25.7. The maximum absolute atomic E-state index is 14.1. The van der Waals surface area contributed by atoms with Crippen LogP contribution >= 0.6 is 92.8 Å². The lowest BCUT2D eigenvalue weighted by Gasteiger charge is -2.36. The van der Waals surface area contributed by atoms with Gasteiger partial charge in [0.1, 0.15) is 22.0 Å². The monoisotopic (exact) mass is 792 g/mol. The van der Waals surface area contributed by atoms with Gasteiger partial charge in [0.05, 0.1) is 38.0 Å². The minimum atomic E-state index is -2.21. The molecule has 1 saturated carbocycles. The van der Waals surface area contributed by atoms with Crippen LogP contribution in [0.4, 0.5) is 0 Å². The maximum Gasteiger partial charge on any atom is 0.343 e. The summed E-state index contributed by atoms with van der Waals surface area (Å²) >= 11 is 51.9. The fourth-order valence-electron chi connectivity index (χ4n) is 5.93. The molecule has 3 aromatic carbocycles. The van der Waals surface area contributed by atoms with Gasteiger partial charge in [0, 0.05) is 10.6 Å². The van der Waals surface area contributed by atoms with E-state index in [-0.39, 0.29) is 37.0 Å². The van der Waals surface area contributed by atoms with Crippen molar-refractivity contribution in [2.45, 2.75) is 14.1 Å². The second kappa shape index (κ2) is 12.1. The van der Waals surface area contributed by atoms with Crippen LogP contribution in [-0.2, 0) is 9.59 Å². The predicted molar refractivity (Wildman–Crippen MR) is 179 cm³/mol. The van der Waals surface area contributed by atoms with Gasteiger partial charge in [-0.15, -0.1) is 23.2 Å². The topological polar surface area (TPSA) is 101 Å². The molecule has 2 aliphatic carbocycles. The molecule has 0 unspecified atom stereocenters. The number of Topliss-reactive ketones (excluding diaryl/α,β-unsaturated/α-hetero) is 1. The summed E-state index contributed by atoms with van der Waals surface area (Å²) in [5.74, 6) is -7.45. The lowest BCUT2D eigenvalue weighted by atomic mass is 9.84. The van der Waals surface area contributed by atoms with Crippen LogP contribution < -0.4 is 4.74 Å². The summed E-state index contributed by atoms with van der Waals surface area (Å²) in [6.07, 6.45) is 0. The number of esters is 1. The van der Waals surface area contributed by atoms with Gasteiger partial charge < -0.3 is 4.74 Å². The number of rotatable bonds is 7.